The molecule has 0 atom stereocenters. The molecule has 0 aliphatic carbocycles. The Balaban J connectivity index is 1.81. The van der Waals surface area contributed by atoms with E-state index in [0.717, 1.165) is 12.1 Å². The molecule has 1 N–H and O–H groups in total. The molecule has 0 fully saturated rings. The van der Waals surface area contributed by atoms with Crippen molar-refractivity contribution in [3.8, 4) is 22.9 Å². The second-order valence-corrected chi connectivity index (χ2v) is 6.50. The molecule has 0 saturated heterocycles. The molecule has 3 aromatic rings. The maximum Gasteiger partial charge on any atom is 0.303 e. The van der Waals surface area contributed by atoms with Crippen molar-refractivity contribution < 1.29 is 27.8 Å². The predicted molar refractivity (Wildman–Crippen MR) is 99.4 cm³/mol. The molecule has 150 valence electrons. The van der Waals surface area contributed by atoms with Crippen molar-refractivity contribution in [1.29, 1.82) is 0 Å². The largest absolute Gasteiger partial charge is 0.481 e. The van der Waals surface area contributed by atoms with Crippen LogP contribution in [-0.2, 0) is 11.2 Å². The van der Waals surface area contributed by atoms with Gasteiger partial charge in [-0.25, -0.2) is 23.1 Å². The number of benzene rings is 1. The minimum absolute atomic E-state index is 0.0761. The normalized spacial score (nSPS) is 10.8. The number of carboxylic acid groups (broad SMARTS) is 1. The SMILES string of the molecule is O=C(O)CCCc1nc(-c2ccc(Oc3ncc(Cl)cc3F)c(F)c2)ccc1F. The maximum absolute atomic E-state index is 14.4. The van der Waals surface area contributed by atoms with E-state index >= 15 is 0 Å². The highest BCUT2D eigenvalue weighted by molar-refractivity contribution is 6.30. The zero-order valence-electron chi connectivity index (χ0n) is 14.8. The molecule has 0 saturated carbocycles. The van der Waals surface area contributed by atoms with Gasteiger partial charge in [0.05, 0.1) is 16.4 Å². The Bertz CT molecular complexity index is 1060. The molecule has 2 heterocycles. The summed E-state index contributed by atoms with van der Waals surface area (Å²) in [6, 6.07) is 7.43. The minimum atomic E-state index is -0.981. The lowest BCUT2D eigenvalue weighted by molar-refractivity contribution is -0.137. The van der Waals surface area contributed by atoms with Crippen LogP contribution in [0.25, 0.3) is 11.3 Å². The van der Waals surface area contributed by atoms with Crippen molar-refractivity contribution in [2.75, 3.05) is 0 Å². The Morgan fingerprint density at radius 3 is 2.55 bits per heavy atom. The summed E-state index contributed by atoms with van der Waals surface area (Å²) in [7, 11) is 0. The van der Waals surface area contributed by atoms with Crippen LogP contribution in [-0.4, -0.2) is 21.0 Å². The van der Waals surface area contributed by atoms with E-state index in [2.05, 4.69) is 9.97 Å². The van der Waals surface area contributed by atoms with Gasteiger partial charge in [-0.3, -0.25) is 4.79 Å². The highest BCUT2D eigenvalue weighted by atomic mass is 35.5. The molecule has 0 aliphatic heterocycles. The van der Waals surface area contributed by atoms with E-state index in [-0.39, 0.29) is 35.7 Å². The van der Waals surface area contributed by atoms with Crippen LogP contribution < -0.4 is 4.74 Å². The summed E-state index contributed by atoms with van der Waals surface area (Å²) in [5, 5.41) is 8.76. The molecule has 0 amide bonds. The van der Waals surface area contributed by atoms with Crippen LogP contribution in [0.1, 0.15) is 18.5 Å². The van der Waals surface area contributed by atoms with Crippen LogP contribution in [0.4, 0.5) is 13.2 Å². The van der Waals surface area contributed by atoms with Gasteiger partial charge in [-0.05, 0) is 49.2 Å². The second-order valence-electron chi connectivity index (χ2n) is 6.06. The van der Waals surface area contributed by atoms with Gasteiger partial charge in [-0.2, -0.15) is 0 Å². The monoisotopic (exact) mass is 422 g/mol. The molecular formula is C20H14ClF3N2O3. The van der Waals surface area contributed by atoms with Gasteiger partial charge in [0.1, 0.15) is 5.82 Å². The molecule has 0 bridgehead atoms. The van der Waals surface area contributed by atoms with Crippen LogP contribution in [0, 0.1) is 17.5 Å². The molecule has 9 heteroatoms. The van der Waals surface area contributed by atoms with Crippen molar-refractivity contribution in [2.24, 2.45) is 0 Å². The average molecular weight is 423 g/mol. The fourth-order valence-electron chi connectivity index (χ4n) is 2.55. The molecule has 0 spiro atoms. The number of pyridine rings is 2. The molecule has 0 aliphatic rings. The van der Waals surface area contributed by atoms with Crippen molar-refractivity contribution in [2.45, 2.75) is 19.3 Å². The fraction of sp³-hybridized carbons (Fsp3) is 0.150. The predicted octanol–water partition coefficient (Wildman–Crippen LogP) is 5.41. The number of rotatable bonds is 7. The molecule has 3 rings (SSSR count). The highest BCUT2D eigenvalue weighted by Crippen LogP contribution is 2.29. The average Bonchev–Trinajstić information content (AvgIpc) is 2.66. The topological polar surface area (TPSA) is 72.3 Å². The van der Waals surface area contributed by atoms with E-state index < -0.39 is 29.3 Å². The van der Waals surface area contributed by atoms with Crippen LogP contribution >= 0.6 is 11.6 Å². The summed E-state index contributed by atoms with van der Waals surface area (Å²) < 4.78 is 47.3. The van der Waals surface area contributed by atoms with E-state index in [1.807, 2.05) is 0 Å². The Morgan fingerprint density at radius 2 is 1.86 bits per heavy atom. The van der Waals surface area contributed by atoms with Crippen LogP contribution in [0.5, 0.6) is 11.6 Å². The Kier molecular flexibility index (Phi) is 6.33. The lowest BCUT2D eigenvalue weighted by Crippen LogP contribution is -2.01. The number of aromatic nitrogens is 2. The Hall–Kier alpha value is -3.13. The number of carboxylic acids is 1. The number of ether oxygens (including phenoxy) is 1. The molecule has 1 aromatic carbocycles. The lowest BCUT2D eigenvalue weighted by atomic mass is 10.1. The smallest absolute Gasteiger partial charge is 0.303 e. The second kappa shape index (κ2) is 8.91. The summed E-state index contributed by atoms with van der Waals surface area (Å²) >= 11 is 5.62. The standard InChI is InChI=1S/C20H14ClF3N2O3/c21-12-9-15(24)20(25-10-12)29-18-7-4-11(8-14(18)23)16-6-5-13(22)17(26-16)2-1-3-19(27)28/h4-10H,1-3H2,(H,27,28). The van der Waals surface area contributed by atoms with Gasteiger partial charge in [0.25, 0.3) is 5.88 Å². The molecule has 2 aromatic heterocycles. The van der Waals surface area contributed by atoms with Gasteiger partial charge in [-0.15, -0.1) is 0 Å². The first-order valence-corrected chi connectivity index (χ1v) is 8.87. The van der Waals surface area contributed by atoms with E-state index in [1.54, 1.807) is 0 Å². The lowest BCUT2D eigenvalue weighted by Gasteiger charge is -2.09. The van der Waals surface area contributed by atoms with Crippen LogP contribution in [0.15, 0.2) is 42.6 Å². The minimum Gasteiger partial charge on any atom is -0.481 e. The van der Waals surface area contributed by atoms with Crippen molar-refractivity contribution in [1.82, 2.24) is 9.97 Å². The first kappa shape index (κ1) is 20.6. The molecular weight excluding hydrogens is 409 g/mol. The van der Waals surface area contributed by atoms with Gasteiger partial charge in [0.15, 0.2) is 17.4 Å². The summed E-state index contributed by atoms with van der Waals surface area (Å²) in [5.41, 5.74) is 0.744. The number of hydrogen-bond acceptors (Lipinski definition) is 4. The summed E-state index contributed by atoms with van der Waals surface area (Å²) in [6.07, 6.45) is 1.42. The third kappa shape index (κ3) is 5.23. The Morgan fingerprint density at radius 1 is 1.07 bits per heavy atom. The van der Waals surface area contributed by atoms with Crippen molar-refractivity contribution >= 4 is 17.6 Å². The molecule has 5 nitrogen and oxygen atoms in total. The number of aryl methyl sites for hydroxylation is 1. The van der Waals surface area contributed by atoms with Gasteiger partial charge in [0.2, 0.25) is 0 Å². The number of carbonyl (C=O) groups is 1. The van der Waals surface area contributed by atoms with Crippen molar-refractivity contribution in [3.63, 3.8) is 0 Å². The third-order valence-electron chi connectivity index (χ3n) is 3.93. The maximum atomic E-state index is 14.4. The van der Waals surface area contributed by atoms with Gasteiger partial charge >= 0.3 is 5.97 Å². The zero-order chi connectivity index (χ0) is 21.0. The van der Waals surface area contributed by atoms with E-state index in [9.17, 15) is 18.0 Å². The Labute approximate surface area is 168 Å². The number of aliphatic carboxylic acids is 1. The number of halogens is 4. The molecule has 0 unspecified atom stereocenters. The van der Waals surface area contributed by atoms with Gasteiger partial charge in [-0.1, -0.05) is 11.6 Å². The fourth-order valence-corrected chi connectivity index (χ4v) is 2.70. The number of hydrogen-bond donors (Lipinski definition) is 1. The molecule has 29 heavy (non-hydrogen) atoms. The first-order valence-electron chi connectivity index (χ1n) is 8.49. The van der Waals surface area contributed by atoms with E-state index in [0.29, 0.717) is 11.3 Å². The van der Waals surface area contributed by atoms with Crippen LogP contribution in [0.2, 0.25) is 5.02 Å². The molecule has 0 radical (unpaired) electrons. The van der Waals surface area contributed by atoms with E-state index in [1.165, 1.54) is 30.5 Å². The summed E-state index contributed by atoms with van der Waals surface area (Å²) in [6.45, 7) is 0. The van der Waals surface area contributed by atoms with Gasteiger partial charge < -0.3 is 9.84 Å². The summed E-state index contributed by atoms with van der Waals surface area (Å²) in [5.74, 6) is -3.87. The van der Waals surface area contributed by atoms with Crippen molar-refractivity contribution in [3.05, 3.63) is 70.8 Å². The highest BCUT2D eigenvalue weighted by Gasteiger charge is 2.14. The van der Waals surface area contributed by atoms with Crippen LogP contribution in [0.3, 0.4) is 0 Å². The summed E-state index contributed by atoms with van der Waals surface area (Å²) in [4.78, 5) is 18.4. The van der Waals surface area contributed by atoms with Gasteiger partial charge in [0, 0.05) is 18.2 Å². The van der Waals surface area contributed by atoms with E-state index in [4.69, 9.17) is 21.4 Å². The first-order chi connectivity index (χ1) is 13.8. The zero-order valence-corrected chi connectivity index (χ0v) is 15.6. The number of nitrogens with zero attached hydrogens (tertiary/aromatic N) is 2. The quantitative estimate of drug-likeness (QED) is 0.551. The third-order valence-corrected chi connectivity index (χ3v) is 4.14.